The van der Waals surface area contributed by atoms with Gasteiger partial charge in [-0.05, 0) is 12.8 Å². The fourth-order valence-electron chi connectivity index (χ4n) is 0.129. The fourth-order valence-corrected chi connectivity index (χ4v) is 0.129. The SMILES string of the molecule is CC(C)[C@@](C)(N)C#N. The summed E-state index contributed by atoms with van der Waals surface area (Å²) in [5.41, 5.74) is 4.84. The van der Waals surface area contributed by atoms with E-state index in [1.807, 2.05) is 19.9 Å². The normalized spacial score (nSPS) is 17.5. The predicted octanol–water partition coefficient (Wildman–Crippen LogP) is 0.883. The lowest BCUT2D eigenvalue weighted by Gasteiger charge is -2.18. The van der Waals surface area contributed by atoms with E-state index in [0.717, 1.165) is 0 Å². The maximum absolute atomic E-state index is 8.39. The van der Waals surface area contributed by atoms with E-state index >= 15 is 0 Å². The van der Waals surface area contributed by atoms with Crippen molar-refractivity contribution in [1.29, 1.82) is 5.26 Å². The molecule has 0 spiro atoms. The van der Waals surface area contributed by atoms with Crippen LogP contribution in [0.5, 0.6) is 0 Å². The molecule has 0 saturated heterocycles. The Bertz CT molecular complexity index is 108. The summed E-state index contributed by atoms with van der Waals surface area (Å²) in [4.78, 5) is 0. The number of nitriles is 1. The van der Waals surface area contributed by atoms with Crippen molar-refractivity contribution in [2.45, 2.75) is 26.3 Å². The van der Waals surface area contributed by atoms with E-state index in [1.54, 1.807) is 6.92 Å². The van der Waals surface area contributed by atoms with E-state index in [-0.39, 0.29) is 5.92 Å². The molecule has 0 aromatic heterocycles. The number of hydrogen-bond donors (Lipinski definition) is 1. The van der Waals surface area contributed by atoms with Gasteiger partial charge in [0.1, 0.15) is 5.54 Å². The standard InChI is InChI=1S/C6H12N2/c1-5(2)6(3,8)4-7/h5H,8H2,1-3H3/t6-/m0/s1. The third kappa shape index (κ3) is 1.51. The van der Waals surface area contributed by atoms with Crippen LogP contribution in [0, 0.1) is 17.2 Å². The molecule has 0 aromatic rings. The van der Waals surface area contributed by atoms with E-state index in [9.17, 15) is 0 Å². The first-order valence-electron chi connectivity index (χ1n) is 2.71. The van der Waals surface area contributed by atoms with E-state index in [1.165, 1.54) is 0 Å². The summed E-state index contributed by atoms with van der Waals surface area (Å²) in [5, 5.41) is 8.39. The summed E-state index contributed by atoms with van der Waals surface area (Å²) in [6.45, 7) is 5.60. The minimum atomic E-state index is -0.653. The van der Waals surface area contributed by atoms with Crippen molar-refractivity contribution in [3.63, 3.8) is 0 Å². The van der Waals surface area contributed by atoms with Gasteiger partial charge in [-0.3, -0.25) is 0 Å². The lowest BCUT2D eigenvalue weighted by molar-refractivity contribution is 0.430. The van der Waals surface area contributed by atoms with Crippen LogP contribution >= 0.6 is 0 Å². The van der Waals surface area contributed by atoms with Crippen LogP contribution in [0.3, 0.4) is 0 Å². The second-order valence-corrected chi connectivity index (χ2v) is 2.55. The van der Waals surface area contributed by atoms with Crippen LogP contribution in [0.15, 0.2) is 0 Å². The molecule has 0 aromatic carbocycles. The molecule has 0 saturated carbocycles. The third-order valence-electron chi connectivity index (χ3n) is 1.44. The highest BCUT2D eigenvalue weighted by Crippen LogP contribution is 2.09. The van der Waals surface area contributed by atoms with Gasteiger partial charge in [0.05, 0.1) is 6.07 Å². The van der Waals surface area contributed by atoms with E-state index < -0.39 is 5.54 Å². The van der Waals surface area contributed by atoms with Crippen LogP contribution in [0.4, 0.5) is 0 Å². The molecule has 1 atom stereocenters. The van der Waals surface area contributed by atoms with Crippen molar-refractivity contribution in [3.05, 3.63) is 0 Å². The molecule has 46 valence electrons. The molecule has 0 radical (unpaired) electrons. The zero-order chi connectivity index (χ0) is 6.78. The average molecular weight is 112 g/mol. The number of rotatable bonds is 1. The van der Waals surface area contributed by atoms with Gasteiger partial charge in [-0.2, -0.15) is 5.26 Å². The van der Waals surface area contributed by atoms with Crippen molar-refractivity contribution in [3.8, 4) is 6.07 Å². The maximum Gasteiger partial charge on any atom is 0.103 e. The van der Waals surface area contributed by atoms with Gasteiger partial charge in [0, 0.05) is 0 Å². The Labute approximate surface area is 50.3 Å². The molecular formula is C6H12N2. The Morgan fingerprint density at radius 3 is 2.00 bits per heavy atom. The van der Waals surface area contributed by atoms with Crippen LogP contribution in [0.2, 0.25) is 0 Å². The summed E-state index contributed by atoms with van der Waals surface area (Å²) in [5.74, 6) is 0.229. The minimum Gasteiger partial charge on any atom is -0.313 e. The molecule has 0 aliphatic carbocycles. The average Bonchev–Trinajstić information content (AvgIpc) is 1.67. The maximum atomic E-state index is 8.39. The summed E-state index contributed by atoms with van der Waals surface area (Å²) < 4.78 is 0. The van der Waals surface area contributed by atoms with Crippen molar-refractivity contribution >= 4 is 0 Å². The summed E-state index contributed by atoms with van der Waals surface area (Å²) >= 11 is 0. The molecule has 0 heterocycles. The van der Waals surface area contributed by atoms with Gasteiger partial charge < -0.3 is 5.73 Å². The smallest absolute Gasteiger partial charge is 0.103 e. The zero-order valence-corrected chi connectivity index (χ0v) is 5.60. The largest absolute Gasteiger partial charge is 0.313 e. The molecule has 0 fully saturated rings. The highest BCUT2D eigenvalue weighted by molar-refractivity contribution is 5.02. The number of nitrogens with zero attached hydrogens (tertiary/aromatic N) is 1. The Hall–Kier alpha value is -0.550. The summed E-state index contributed by atoms with van der Waals surface area (Å²) in [6, 6.07) is 2.02. The van der Waals surface area contributed by atoms with Gasteiger partial charge in [0.2, 0.25) is 0 Å². The molecule has 2 nitrogen and oxygen atoms in total. The van der Waals surface area contributed by atoms with Gasteiger partial charge in [-0.25, -0.2) is 0 Å². The predicted molar refractivity (Wildman–Crippen MR) is 33.0 cm³/mol. The molecular weight excluding hydrogens is 100 g/mol. The van der Waals surface area contributed by atoms with Crippen molar-refractivity contribution < 1.29 is 0 Å². The number of hydrogen-bond acceptors (Lipinski definition) is 2. The topological polar surface area (TPSA) is 49.8 Å². The molecule has 0 unspecified atom stereocenters. The molecule has 0 aliphatic heterocycles. The van der Waals surface area contributed by atoms with Gasteiger partial charge in [0.15, 0.2) is 0 Å². The molecule has 0 rings (SSSR count). The van der Waals surface area contributed by atoms with Crippen LogP contribution < -0.4 is 5.73 Å². The second-order valence-electron chi connectivity index (χ2n) is 2.55. The Kier molecular flexibility index (Phi) is 2.00. The van der Waals surface area contributed by atoms with Crippen LogP contribution in [0.25, 0.3) is 0 Å². The third-order valence-corrected chi connectivity index (χ3v) is 1.44. The quantitative estimate of drug-likeness (QED) is 0.547. The van der Waals surface area contributed by atoms with Crippen molar-refractivity contribution in [2.24, 2.45) is 11.7 Å². The summed E-state index contributed by atoms with van der Waals surface area (Å²) in [7, 11) is 0. The first-order chi connectivity index (χ1) is 3.50. The zero-order valence-electron chi connectivity index (χ0n) is 5.60. The lowest BCUT2D eigenvalue weighted by Crippen LogP contribution is -2.39. The van der Waals surface area contributed by atoms with E-state index in [4.69, 9.17) is 11.0 Å². The molecule has 8 heavy (non-hydrogen) atoms. The monoisotopic (exact) mass is 112 g/mol. The minimum absolute atomic E-state index is 0.229. The van der Waals surface area contributed by atoms with E-state index in [0.29, 0.717) is 0 Å². The van der Waals surface area contributed by atoms with Crippen molar-refractivity contribution in [2.75, 3.05) is 0 Å². The van der Waals surface area contributed by atoms with Crippen LogP contribution in [-0.4, -0.2) is 5.54 Å². The molecule has 2 N–H and O–H groups in total. The molecule has 2 heteroatoms. The Morgan fingerprint density at radius 1 is 1.62 bits per heavy atom. The molecule has 0 amide bonds. The first kappa shape index (κ1) is 7.45. The van der Waals surface area contributed by atoms with E-state index in [2.05, 4.69) is 0 Å². The highest BCUT2D eigenvalue weighted by Gasteiger charge is 2.21. The van der Waals surface area contributed by atoms with Crippen molar-refractivity contribution in [1.82, 2.24) is 0 Å². The molecule has 0 aliphatic rings. The van der Waals surface area contributed by atoms with Gasteiger partial charge in [-0.15, -0.1) is 0 Å². The lowest BCUT2D eigenvalue weighted by atomic mass is 9.92. The number of nitrogens with two attached hydrogens (primary N) is 1. The fraction of sp³-hybridized carbons (Fsp3) is 0.833. The van der Waals surface area contributed by atoms with Crippen LogP contribution in [0.1, 0.15) is 20.8 Å². The van der Waals surface area contributed by atoms with Gasteiger partial charge in [-0.1, -0.05) is 13.8 Å². The van der Waals surface area contributed by atoms with Gasteiger partial charge in [0.25, 0.3) is 0 Å². The second kappa shape index (κ2) is 2.15. The Morgan fingerprint density at radius 2 is 2.00 bits per heavy atom. The van der Waals surface area contributed by atoms with Gasteiger partial charge >= 0.3 is 0 Å². The highest BCUT2D eigenvalue weighted by atomic mass is 14.7. The Balaban J connectivity index is 3.97. The van der Waals surface area contributed by atoms with Crippen LogP contribution in [-0.2, 0) is 0 Å². The first-order valence-corrected chi connectivity index (χ1v) is 2.71. The molecule has 0 bridgehead atoms. The summed E-state index contributed by atoms with van der Waals surface area (Å²) in [6.07, 6.45) is 0.